The Balaban J connectivity index is 2.27. The Morgan fingerprint density at radius 3 is 2.55 bits per heavy atom. The largest absolute Gasteiger partial charge is 0.309 e. The lowest BCUT2D eigenvalue weighted by molar-refractivity contribution is 0.583. The minimum Gasteiger partial charge on any atom is -0.309 e. The lowest BCUT2D eigenvalue weighted by atomic mass is 10.2. The molecule has 0 aliphatic heterocycles. The van der Waals surface area contributed by atoms with Gasteiger partial charge < -0.3 is 5.32 Å². The average Bonchev–Trinajstić information content (AvgIpc) is 2.91. The third-order valence-corrected chi connectivity index (χ3v) is 3.32. The molecule has 2 aromatic heterocycles. The Morgan fingerprint density at radius 2 is 2.00 bits per heavy atom. The van der Waals surface area contributed by atoms with Gasteiger partial charge in [-0.15, -0.1) is 0 Å². The molecule has 0 aliphatic rings. The van der Waals surface area contributed by atoms with Crippen LogP contribution in [0.25, 0.3) is 5.69 Å². The highest BCUT2D eigenvalue weighted by Crippen LogP contribution is 2.14. The second-order valence-corrected chi connectivity index (χ2v) is 4.78. The van der Waals surface area contributed by atoms with Crippen LogP contribution < -0.4 is 5.32 Å². The molecule has 0 aromatic carbocycles. The molecular formula is C15H23N5. The molecule has 1 unspecified atom stereocenters. The van der Waals surface area contributed by atoms with Crippen LogP contribution in [0, 0.1) is 0 Å². The summed E-state index contributed by atoms with van der Waals surface area (Å²) in [7, 11) is 0. The molecule has 2 rings (SSSR count). The van der Waals surface area contributed by atoms with Crippen molar-refractivity contribution >= 4 is 0 Å². The summed E-state index contributed by atoms with van der Waals surface area (Å²) in [5, 5.41) is 7.89. The molecule has 0 bridgehead atoms. The molecule has 0 saturated heterocycles. The zero-order valence-corrected chi connectivity index (χ0v) is 12.7. The van der Waals surface area contributed by atoms with E-state index in [2.05, 4.69) is 60.2 Å². The Bertz CT molecular complexity index is 544. The molecule has 0 amide bonds. The van der Waals surface area contributed by atoms with Crippen LogP contribution in [0.2, 0.25) is 0 Å². The molecule has 0 saturated carbocycles. The summed E-state index contributed by atoms with van der Waals surface area (Å²) in [5.41, 5.74) is 2.02. The fourth-order valence-corrected chi connectivity index (χ4v) is 2.17. The first-order valence-corrected chi connectivity index (χ1v) is 7.34. The van der Waals surface area contributed by atoms with Crippen molar-refractivity contribution in [2.45, 2.75) is 46.6 Å². The van der Waals surface area contributed by atoms with E-state index in [1.165, 1.54) is 0 Å². The van der Waals surface area contributed by atoms with Crippen molar-refractivity contribution in [3.8, 4) is 5.69 Å². The van der Waals surface area contributed by atoms with E-state index in [9.17, 15) is 0 Å². The number of nitrogens with one attached hydrogen (secondary N) is 1. The van der Waals surface area contributed by atoms with E-state index in [0.29, 0.717) is 0 Å². The molecular weight excluding hydrogens is 250 g/mol. The predicted octanol–water partition coefficient (Wildman–Crippen LogP) is 2.46. The Morgan fingerprint density at radius 1 is 1.20 bits per heavy atom. The zero-order valence-electron chi connectivity index (χ0n) is 12.7. The van der Waals surface area contributed by atoms with Crippen LogP contribution in [0.15, 0.2) is 18.3 Å². The summed E-state index contributed by atoms with van der Waals surface area (Å²) >= 11 is 0. The van der Waals surface area contributed by atoms with Gasteiger partial charge in [0.05, 0.1) is 17.6 Å². The topological polar surface area (TPSA) is 55.6 Å². The minimum atomic E-state index is 0.265. The van der Waals surface area contributed by atoms with E-state index in [4.69, 9.17) is 0 Å². The van der Waals surface area contributed by atoms with Gasteiger partial charge in [-0.1, -0.05) is 20.8 Å². The number of rotatable bonds is 6. The second-order valence-electron chi connectivity index (χ2n) is 4.78. The standard InChI is InChI=1S/C15H23N5/c1-5-14-18-15(6-2)20(19-14)12-8-9-13(17-10-12)11(4)16-7-3/h8-11,16H,5-7H2,1-4H3. The third kappa shape index (κ3) is 3.04. The lowest BCUT2D eigenvalue weighted by Crippen LogP contribution is -2.18. The van der Waals surface area contributed by atoms with E-state index in [-0.39, 0.29) is 6.04 Å². The number of aryl methyl sites for hydroxylation is 2. The van der Waals surface area contributed by atoms with Gasteiger partial charge in [0, 0.05) is 18.9 Å². The molecule has 1 atom stereocenters. The van der Waals surface area contributed by atoms with Crippen molar-refractivity contribution in [3.63, 3.8) is 0 Å². The molecule has 2 heterocycles. The van der Waals surface area contributed by atoms with Crippen molar-refractivity contribution in [1.82, 2.24) is 25.1 Å². The van der Waals surface area contributed by atoms with Gasteiger partial charge in [-0.3, -0.25) is 4.98 Å². The first-order valence-electron chi connectivity index (χ1n) is 7.34. The molecule has 20 heavy (non-hydrogen) atoms. The quantitative estimate of drug-likeness (QED) is 0.878. The second kappa shape index (κ2) is 6.61. The maximum absolute atomic E-state index is 4.53. The number of hydrogen-bond donors (Lipinski definition) is 1. The number of aromatic nitrogens is 4. The lowest BCUT2D eigenvalue weighted by Gasteiger charge is -2.12. The van der Waals surface area contributed by atoms with Gasteiger partial charge in [-0.25, -0.2) is 9.67 Å². The highest BCUT2D eigenvalue weighted by molar-refractivity contribution is 5.30. The Labute approximate surface area is 120 Å². The monoisotopic (exact) mass is 273 g/mol. The smallest absolute Gasteiger partial charge is 0.151 e. The van der Waals surface area contributed by atoms with Crippen LogP contribution >= 0.6 is 0 Å². The van der Waals surface area contributed by atoms with Crippen molar-refractivity contribution in [2.75, 3.05) is 6.54 Å². The molecule has 5 nitrogen and oxygen atoms in total. The van der Waals surface area contributed by atoms with Crippen molar-refractivity contribution in [3.05, 3.63) is 35.7 Å². The van der Waals surface area contributed by atoms with Gasteiger partial charge in [0.25, 0.3) is 0 Å². The van der Waals surface area contributed by atoms with Crippen LogP contribution in [0.4, 0.5) is 0 Å². The van der Waals surface area contributed by atoms with Crippen LogP contribution in [0.5, 0.6) is 0 Å². The van der Waals surface area contributed by atoms with Crippen LogP contribution in [0.1, 0.15) is 51.1 Å². The van der Waals surface area contributed by atoms with Crippen LogP contribution in [0.3, 0.4) is 0 Å². The Kier molecular flexibility index (Phi) is 4.84. The van der Waals surface area contributed by atoms with Gasteiger partial charge in [-0.05, 0) is 25.6 Å². The highest BCUT2D eigenvalue weighted by atomic mass is 15.4. The number of pyridine rings is 1. The highest BCUT2D eigenvalue weighted by Gasteiger charge is 2.10. The predicted molar refractivity (Wildman–Crippen MR) is 80.0 cm³/mol. The molecule has 108 valence electrons. The fraction of sp³-hybridized carbons (Fsp3) is 0.533. The van der Waals surface area contributed by atoms with Gasteiger partial charge in [0.2, 0.25) is 0 Å². The first kappa shape index (κ1) is 14.7. The van der Waals surface area contributed by atoms with Crippen molar-refractivity contribution in [2.24, 2.45) is 0 Å². The molecule has 2 aromatic rings. The molecule has 5 heteroatoms. The van der Waals surface area contributed by atoms with Crippen molar-refractivity contribution in [1.29, 1.82) is 0 Å². The summed E-state index contributed by atoms with van der Waals surface area (Å²) in [6.07, 6.45) is 3.59. The molecule has 0 spiro atoms. The minimum absolute atomic E-state index is 0.265. The van der Waals surface area contributed by atoms with E-state index in [0.717, 1.165) is 42.4 Å². The number of hydrogen-bond acceptors (Lipinski definition) is 4. The third-order valence-electron chi connectivity index (χ3n) is 3.32. The number of nitrogens with zero attached hydrogens (tertiary/aromatic N) is 4. The summed E-state index contributed by atoms with van der Waals surface area (Å²) < 4.78 is 1.90. The zero-order chi connectivity index (χ0) is 14.5. The van der Waals surface area contributed by atoms with Gasteiger partial charge in [-0.2, -0.15) is 5.10 Å². The van der Waals surface area contributed by atoms with Crippen molar-refractivity contribution < 1.29 is 0 Å². The maximum Gasteiger partial charge on any atom is 0.151 e. The van der Waals surface area contributed by atoms with Gasteiger partial charge in [0.1, 0.15) is 5.82 Å². The summed E-state index contributed by atoms with van der Waals surface area (Å²) in [4.78, 5) is 9.06. The normalized spacial score (nSPS) is 12.6. The van der Waals surface area contributed by atoms with Gasteiger partial charge in [0.15, 0.2) is 5.82 Å². The fourth-order valence-electron chi connectivity index (χ4n) is 2.17. The first-order chi connectivity index (χ1) is 9.69. The summed E-state index contributed by atoms with van der Waals surface area (Å²) in [6.45, 7) is 9.31. The SMILES string of the molecule is CCNC(C)c1ccc(-n2nc(CC)nc2CC)cn1. The van der Waals surface area contributed by atoms with Gasteiger partial charge >= 0.3 is 0 Å². The van der Waals surface area contributed by atoms with E-state index >= 15 is 0 Å². The summed E-state index contributed by atoms with van der Waals surface area (Å²) in [6, 6.07) is 4.38. The van der Waals surface area contributed by atoms with E-state index in [1.807, 2.05) is 10.9 Å². The Hall–Kier alpha value is -1.75. The molecule has 1 N–H and O–H groups in total. The average molecular weight is 273 g/mol. The van der Waals surface area contributed by atoms with Crippen LogP contribution in [-0.4, -0.2) is 26.3 Å². The summed E-state index contributed by atoms with van der Waals surface area (Å²) in [5.74, 6) is 1.86. The molecule has 0 fully saturated rings. The molecule has 0 radical (unpaired) electrons. The van der Waals surface area contributed by atoms with E-state index < -0.39 is 0 Å². The van der Waals surface area contributed by atoms with E-state index in [1.54, 1.807) is 0 Å². The maximum atomic E-state index is 4.53. The molecule has 0 aliphatic carbocycles. The van der Waals surface area contributed by atoms with Crippen LogP contribution in [-0.2, 0) is 12.8 Å².